The van der Waals surface area contributed by atoms with Crippen molar-refractivity contribution < 1.29 is 9.57 Å². The van der Waals surface area contributed by atoms with Crippen LogP contribution in [-0.4, -0.2) is 11.7 Å². The van der Waals surface area contributed by atoms with Gasteiger partial charge in [0.1, 0.15) is 12.4 Å². The molecule has 0 bridgehead atoms. The molecule has 2 N–H and O–H groups in total. The van der Waals surface area contributed by atoms with Crippen LogP contribution in [0.4, 0.5) is 0 Å². The second kappa shape index (κ2) is 3.92. The Morgan fingerprint density at radius 3 is 2.80 bits per heavy atom. The van der Waals surface area contributed by atoms with Crippen LogP contribution >= 0.6 is 0 Å². The lowest BCUT2D eigenvalue weighted by molar-refractivity contribution is 0.119. The average molecular weight is 206 g/mol. The number of aromatic nitrogens is 1. The molecule has 0 amide bonds. The van der Waals surface area contributed by atoms with Crippen LogP contribution in [0.1, 0.15) is 5.69 Å². The molecule has 0 spiro atoms. The predicted octanol–water partition coefficient (Wildman–Crippen LogP) is 1.58. The average Bonchev–Trinajstić information content (AvgIpc) is 2.56. The van der Waals surface area contributed by atoms with Gasteiger partial charge in [-0.05, 0) is 24.3 Å². The van der Waals surface area contributed by atoms with E-state index < -0.39 is 0 Å². The summed E-state index contributed by atoms with van der Waals surface area (Å²) in [5.74, 6) is 5.92. The van der Waals surface area contributed by atoms with Crippen LogP contribution < -0.4 is 10.6 Å². The van der Waals surface area contributed by atoms with E-state index in [0.717, 1.165) is 22.3 Å². The minimum atomic E-state index is 0.410. The normalized spacial score (nSPS) is 10.9. The standard InChI is InChI=1S/C11H14N2O2/c1-13-9(7-15-12)5-8-6-10(14-2)3-4-11(8)13/h3-6H,7,12H2,1-2H3. The van der Waals surface area contributed by atoms with E-state index in [1.165, 1.54) is 0 Å². The Morgan fingerprint density at radius 1 is 1.33 bits per heavy atom. The predicted molar refractivity (Wildman–Crippen MR) is 58.4 cm³/mol. The van der Waals surface area contributed by atoms with E-state index in [-0.39, 0.29) is 0 Å². The summed E-state index contributed by atoms with van der Waals surface area (Å²) in [4.78, 5) is 4.64. The van der Waals surface area contributed by atoms with Crippen molar-refractivity contribution in [3.63, 3.8) is 0 Å². The van der Waals surface area contributed by atoms with Crippen molar-refractivity contribution in [3.8, 4) is 5.75 Å². The van der Waals surface area contributed by atoms with Crippen molar-refractivity contribution in [2.24, 2.45) is 12.9 Å². The summed E-state index contributed by atoms with van der Waals surface area (Å²) in [6.07, 6.45) is 0. The van der Waals surface area contributed by atoms with Gasteiger partial charge >= 0.3 is 0 Å². The smallest absolute Gasteiger partial charge is 0.119 e. The molecule has 0 radical (unpaired) electrons. The zero-order chi connectivity index (χ0) is 10.8. The second-order valence-electron chi connectivity index (χ2n) is 3.43. The van der Waals surface area contributed by atoms with E-state index >= 15 is 0 Å². The Morgan fingerprint density at radius 2 is 2.13 bits per heavy atom. The van der Waals surface area contributed by atoms with Gasteiger partial charge in [-0.15, -0.1) is 0 Å². The SMILES string of the molecule is COc1ccc2c(c1)cc(CON)n2C. The monoisotopic (exact) mass is 206 g/mol. The number of fused-ring (bicyclic) bond motifs is 1. The number of benzene rings is 1. The van der Waals surface area contributed by atoms with Gasteiger partial charge < -0.3 is 9.30 Å². The van der Waals surface area contributed by atoms with Crippen LogP contribution in [0.3, 0.4) is 0 Å². The Kier molecular flexibility index (Phi) is 2.62. The van der Waals surface area contributed by atoms with E-state index in [1.807, 2.05) is 31.3 Å². The van der Waals surface area contributed by atoms with Crippen molar-refractivity contribution in [1.82, 2.24) is 4.57 Å². The van der Waals surface area contributed by atoms with Gasteiger partial charge in [-0.25, -0.2) is 5.90 Å². The molecule has 0 aliphatic rings. The van der Waals surface area contributed by atoms with E-state index in [0.29, 0.717) is 6.61 Å². The van der Waals surface area contributed by atoms with Crippen LogP contribution in [0.2, 0.25) is 0 Å². The molecule has 2 aromatic rings. The maximum atomic E-state index is 5.17. The van der Waals surface area contributed by atoms with Crippen LogP contribution in [0.5, 0.6) is 5.75 Å². The summed E-state index contributed by atoms with van der Waals surface area (Å²) in [5.41, 5.74) is 2.18. The van der Waals surface area contributed by atoms with Crippen LogP contribution in [0.25, 0.3) is 10.9 Å². The van der Waals surface area contributed by atoms with Crippen molar-refractivity contribution >= 4 is 10.9 Å². The molecule has 0 aliphatic heterocycles. The highest BCUT2D eigenvalue weighted by atomic mass is 16.6. The Bertz CT molecular complexity index is 477. The summed E-state index contributed by atoms with van der Waals surface area (Å²) in [6.45, 7) is 0.410. The molecule has 1 aromatic heterocycles. The molecule has 0 atom stereocenters. The van der Waals surface area contributed by atoms with Gasteiger partial charge in [0, 0.05) is 23.6 Å². The van der Waals surface area contributed by atoms with E-state index in [4.69, 9.17) is 10.6 Å². The largest absolute Gasteiger partial charge is 0.497 e. The molecule has 0 saturated carbocycles. The number of ether oxygens (including phenoxy) is 1. The van der Waals surface area contributed by atoms with Crippen LogP contribution in [0.15, 0.2) is 24.3 Å². The van der Waals surface area contributed by atoms with Gasteiger partial charge in [0.2, 0.25) is 0 Å². The molecule has 0 fully saturated rings. The lowest BCUT2D eigenvalue weighted by atomic mass is 10.2. The minimum Gasteiger partial charge on any atom is -0.497 e. The highest BCUT2D eigenvalue weighted by Gasteiger charge is 2.06. The topological polar surface area (TPSA) is 49.4 Å². The molecule has 2 rings (SSSR count). The summed E-state index contributed by atoms with van der Waals surface area (Å²) < 4.78 is 7.22. The van der Waals surface area contributed by atoms with Gasteiger partial charge in [-0.2, -0.15) is 0 Å². The first-order chi connectivity index (χ1) is 7.26. The fourth-order valence-corrected chi connectivity index (χ4v) is 1.74. The molecule has 0 unspecified atom stereocenters. The Labute approximate surface area is 88.1 Å². The first-order valence-electron chi connectivity index (χ1n) is 4.70. The van der Waals surface area contributed by atoms with Crippen molar-refractivity contribution in [2.45, 2.75) is 6.61 Å². The van der Waals surface area contributed by atoms with Crippen LogP contribution in [-0.2, 0) is 18.5 Å². The highest BCUT2D eigenvalue weighted by molar-refractivity contribution is 5.82. The molecule has 15 heavy (non-hydrogen) atoms. The summed E-state index contributed by atoms with van der Waals surface area (Å²) >= 11 is 0. The lowest BCUT2D eigenvalue weighted by Gasteiger charge is -2.02. The number of hydrogen-bond donors (Lipinski definition) is 1. The third kappa shape index (κ3) is 1.69. The zero-order valence-electron chi connectivity index (χ0n) is 8.86. The number of aryl methyl sites for hydroxylation is 1. The van der Waals surface area contributed by atoms with Gasteiger partial charge in [0.05, 0.1) is 7.11 Å². The molecule has 0 aliphatic carbocycles. The Hall–Kier alpha value is -1.52. The lowest BCUT2D eigenvalue weighted by Crippen LogP contribution is -2.03. The molecular weight excluding hydrogens is 192 g/mol. The summed E-state index contributed by atoms with van der Waals surface area (Å²) in [6, 6.07) is 8.00. The van der Waals surface area contributed by atoms with Crippen LogP contribution in [0, 0.1) is 0 Å². The van der Waals surface area contributed by atoms with E-state index in [9.17, 15) is 0 Å². The number of hydrogen-bond acceptors (Lipinski definition) is 3. The van der Waals surface area contributed by atoms with E-state index in [2.05, 4.69) is 9.40 Å². The third-order valence-electron chi connectivity index (χ3n) is 2.58. The number of nitrogens with zero attached hydrogens (tertiary/aromatic N) is 1. The molecule has 0 saturated heterocycles. The van der Waals surface area contributed by atoms with Crippen molar-refractivity contribution in [1.29, 1.82) is 0 Å². The molecule has 4 heteroatoms. The fourth-order valence-electron chi connectivity index (χ4n) is 1.74. The van der Waals surface area contributed by atoms with Crippen molar-refractivity contribution in [2.75, 3.05) is 7.11 Å². The maximum Gasteiger partial charge on any atom is 0.119 e. The Balaban J connectivity index is 2.55. The van der Waals surface area contributed by atoms with Crippen molar-refractivity contribution in [3.05, 3.63) is 30.0 Å². The number of methoxy groups -OCH3 is 1. The molecule has 1 aromatic carbocycles. The van der Waals surface area contributed by atoms with E-state index in [1.54, 1.807) is 7.11 Å². The first-order valence-corrected chi connectivity index (χ1v) is 4.70. The number of nitrogens with two attached hydrogens (primary N) is 1. The maximum absolute atomic E-state index is 5.17. The van der Waals surface area contributed by atoms with Gasteiger partial charge in [-0.3, -0.25) is 4.84 Å². The quantitative estimate of drug-likeness (QED) is 0.775. The minimum absolute atomic E-state index is 0.410. The highest BCUT2D eigenvalue weighted by Crippen LogP contribution is 2.23. The van der Waals surface area contributed by atoms with Gasteiger partial charge in [0.15, 0.2) is 0 Å². The summed E-state index contributed by atoms with van der Waals surface area (Å²) in [7, 11) is 3.65. The summed E-state index contributed by atoms with van der Waals surface area (Å²) in [5, 5.41) is 1.13. The fraction of sp³-hybridized carbons (Fsp3) is 0.273. The first kappa shape index (κ1) is 10.0. The van der Waals surface area contributed by atoms with Gasteiger partial charge in [-0.1, -0.05) is 0 Å². The molecule has 1 heterocycles. The molecular formula is C11H14N2O2. The van der Waals surface area contributed by atoms with Gasteiger partial charge in [0.25, 0.3) is 0 Å². The zero-order valence-corrected chi connectivity index (χ0v) is 8.86. The third-order valence-corrected chi connectivity index (χ3v) is 2.58. The molecule has 80 valence electrons. The number of rotatable bonds is 3. The second-order valence-corrected chi connectivity index (χ2v) is 3.43. The molecule has 4 nitrogen and oxygen atoms in total.